The normalized spacial score (nSPS) is 10.3. The molecule has 78 valence electrons. The van der Waals surface area contributed by atoms with Gasteiger partial charge >= 0.3 is 0 Å². The summed E-state index contributed by atoms with van der Waals surface area (Å²) in [5.74, 6) is 0. The second-order valence-corrected chi connectivity index (χ2v) is 4.04. The standard InChI is InChI=1S/C9H8ClN3OS/c1-14-13-9-7(10)12-8(15-9)6-3-2-4-11-5-6/h2-5,13H,1H3. The molecule has 0 saturated heterocycles. The molecule has 0 atom stereocenters. The SMILES string of the molecule is CONc1sc(-c2cccnc2)nc1Cl. The predicted octanol–water partition coefficient (Wildman–Crippen LogP) is 2.83. The zero-order valence-corrected chi connectivity index (χ0v) is 9.47. The van der Waals surface area contributed by atoms with Crippen molar-refractivity contribution in [3.63, 3.8) is 0 Å². The zero-order valence-electron chi connectivity index (χ0n) is 7.90. The lowest BCUT2D eigenvalue weighted by molar-refractivity contribution is 0.272. The highest BCUT2D eigenvalue weighted by Gasteiger charge is 2.10. The van der Waals surface area contributed by atoms with Gasteiger partial charge in [0.05, 0.1) is 7.11 Å². The summed E-state index contributed by atoms with van der Waals surface area (Å²) in [4.78, 5) is 13.0. The number of thiazole rings is 1. The monoisotopic (exact) mass is 241 g/mol. The van der Waals surface area contributed by atoms with E-state index in [1.165, 1.54) is 18.4 Å². The van der Waals surface area contributed by atoms with Crippen LogP contribution in [0.3, 0.4) is 0 Å². The van der Waals surface area contributed by atoms with Gasteiger partial charge in [-0.1, -0.05) is 22.9 Å². The van der Waals surface area contributed by atoms with Crippen molar-refractivity contribution >= 4 is 27.9 Å². The molecule has 2 heterocycles. The summed E-state index contributed by atoms with van der Waals surface area (Å²) in [6.45, 7) is 0. The number of hydrogen-bond acceptors (Lipinski definition) is 5. The summed E-state index contributed by atoms with van der Waals surface area (Å²) in [5.41, 5.74) is 3.61. The lowest BCUT2D eigenvalue weighted by atomic mass is 10.3. The van der Waals surface area contributed by atoms with Crippen molar-refractivity contribution in [2.24, 2.45) is 0 Å². The second-order valence-electron chi connectivity index (χ2n) is 2.69. The topological polar surface area (TPSA) is 47.0 Å². The van der Waals surface area contributed by atoms with Crippen LogP contribution in [0.1, 0.15) is 0 Å². The molecule has 0 aliphatic carbocycles. The Balaban J connectivity index is 2.34. The van der Waals surface area contributed by atoms with E-state index in [4.69, 9.17) is 16.4 Å². The van der Waals surface area contributed by atoms with Gasteiger partial charge in [-0.3, -0.25) is 15.3 Å². The van der Waals surface area contributed by atoms with Crippen LogP contribution in [0.4, 0.5) is 5.00 Å². The molecule has 0 saturated carbocycles. The Bertz CT molecular complexity index is 446. The van der Waals surface area contributed by atoms with Gasteiger partial charge in [0.15, 0.2) is 10.2 Å². The maximum Gasteiger partial charge on any atom is 0.166 e. The first-order chi connectivity index (χ1) is 7.31. The molecule has 2 aromatic heterocycles. The van der Waals surface area contributed by atoms with Gasteiger partial charge in [0, 0.05) is 18.0 Å². The third-order valence-corrected chi connectivity index (χ3v) is 3.08. The van der Waals surface area contributed by atoms with E-state index >= 15 is 0 Å². The van der Waals surface area contributed by atoms with E-state index in [0.717, 1.165) is 10.6 Å². The van der Waals surface area contributed by atoms with Crippen molar-refractivity contribution in [2.75, 3.05) is 12.6 Å². The highest BCUT2D eigenvalue weighted by molar-refractivity contribution is 7.19. The van der Waals surface area contributed by atoms with E-state index in [9.17, 15) is 0 Å². The smallest absolute Gasteiger partial charge is 0.166 e. The minimum Gasteiger partial charge on any atom is -0.279 e. The fraction of sp³-hybridized carbons (Fsp3) is 0.111. The van der Waals surface area contributed by atoms with Gasteiger partial charge in [-0.05, 0) is 12.1 Å². The average molecular weight is 242 g/mol. The van der Waals surface area contributed by atoms with E-state index in [0.29, 0.717) is 10.2 Å². The first-order valence-electron chi connectivity index (χ1n) is 4.17. The molecule has 2 aromatic rings. The van der Waals surface area contributed by atoms with Crippen molar-refractivity contribution in [1.82, 2.24) is 9.97 Å². The Morgan fingerprint density at radius 3 is 3.07 bits per heavy atom. The fourth-order valence-corrected chi connectivity index (χ4v) is 2.18. The van der Waals surface area contributed by atoms with Crippen molar-refractivity contribution in [2.45, 2.75) is 0 Å². The molecule has 2 rings (SSSR count). The summed E-state index contributed by atoms with van der Waals surface area (Å²) >= 11 is 7.33. The Kier molecular flexibility index (Phi) is 3.15. The molecule has 0 unspecified atom stereocenters. The molecule has 0 fully saturated rings. The minimum atomic E-state index is 0.403. The van der Waals surface area contributed by atoms with Crippen LogP contribution in [-0.2, 0) is 4.84 Å². The van der Waals surface area contributed by atoms with Crippen LogP contribution >= 0.6 is 22.9 Å². The Hall–Kier alpha value is -1.17. The lowest BCUT2D eigenvalue weighted by Crippen LogP contribution is -1.92. The molecule has 0 bridgehead atoms. The number of rotatable bonds is 3. The first kappa shape index (κ1) is 10.4. The maximum absolute atomic E-state index is 5.91. The molecular formula is C9H8ClN3OS. The van der Waals surface area contributed by atoms with Gasteiger partial charge in [-0.25, -0.2) is 4.98 Å². The molecule has 0 aromatic carbocycles. The number of pyridine rings is 1. The molecule has 6 heteroatoms. The van der Waals surface area contributed by atoms with Crippen molar-refractivity contribution in [1.29, 1.82) is 0 Å². The molecular weight excluding hydrogens is 234 g/mol. The fourth-order valence-electron chi connectivity index (χ4n) is 1.07. The van der Waals surface area contributed by atoms with Crippen LogP contribution in [0.2, 0.25) is 5.15 Å². The molecule has 0 radical (unpaired) electrons. The molecule has 0 aliphatic rings. The van der Waals surface area contributed by atoms with Gasteiger partial charge in [-0.15, -0.1) is 0 Å². The highest BCUT2D eigenvalue weighted by Crippen LogP contribution is 2.34. The zero-order chi connectivity index (χ0) is 10.7. The molecule has 1 N–H and O–H groups in total. The quantitative estimate of drug-likeness (QED) is 0.840. The third kappa shape index (κ3) is 2.26. The van der Waals surface area contributed by atoms with Crippen LogP contribution in [0.25, 0.3) is 10.6 Å². The van der Waals surface area contributed by atoms with Crippen molar-refractivity contribution < 1.29 is 4.84 Å². The number of halogens is 1. The number of nitrogens with zero attached hydrogens (tertiary/aromatic N) is 2. The maximum atomic E-state index is 5.91. The lowest BCUT2D eigenvalue weighted by Gasteiger charge is -1.96. The van der Waals surface area contributed by atoms with Gasteiger partial charge < -0.3 is 0 Å². The van der Waals surface area contributed by atoms with Crippen molar-refractivity contribution in [3.05, 3.63) is 29.7 Å². The molecule has 15 heavy (non-hydrogen) atoms. The number of aromatic nitrogens is 2. The van der Waals surface area contributed by atoms with E-state index < -0.39 is 0 Å². The Morgan fingerprint density at radius 2 is 2.40 bits per heavy atom. The molecule has 0 amide bonds. The Labute approximate surface area is 95.9 Å². The molecule has 0 aliphatic heterocycles. The summed E-state index contributed by atoms with van der Waals surface area (Å²) in [6.07, 6.45) is 3.46. The molecule has 0 spiro atoms. The third-order valence-electron chi connectivity index (χ3n) is 1.69. The number of anilines is 1. The van der Waals surface area contributed by atoms with Crippen LogP contribution in [-0.4, -0.2) is 17.1 Å². The number of nitrogens with one attached hydrogen (secondary N) is 1. The van der Waals surface area contributed by atoms with Crippen LogP contribution in [0.15, 0.2) is 24.5 Å². The van der Waals surface area contributed by atoms with Crippen LogP contribution in [0, 0.1) is 0 Å². The largest absolute Gasteiger partial charge is 0.279 e. The van der Waals surface area contributed by atoms with Gasteiger partial charge in [0.2, 0.25) is 0 Å². The number of hydrogen-bond donors (Lipinski definition) is 1. The van der Waals surface area contributed by atoms with Crippen LogP contribution < -0.4 is 5.48 Å². The summed E-state index contributed by atoms with van der Waals surface area (Å²) in [5, 5.41) is 1.91. The van der Waals surface area contributed by atoms with E-state index in [2.05, 4.69) is 15.4 Å². The summed E-state index contributed by atoms with van der Waals surface area (Å²) in [7, 11) is 1.53. The predicted molar refractivity (Wildman–Crippen MR) is 61.0 cm³/mol. The Morgan fingerprint density at radius 1 is 1.53 bits per heavy atom. The minimum absolute atomic E-state index is 0.403. The van der Waals surface area contributed by atoms with Gasteiger partial charge in [0.25, 0.3) is 0 Å². The van der Waals surface area contributed by atoms with Gasteiger partial charge in [-0.2, -0.15) is 0 Å². The highest BCUT2D eigenvalue weighted by atomic mass is 35.5. The molecule has 4 nitrogen and oxygen atoms in total. The average Bonchev–Trinajstić information content (AvgIpc) is 2.63. The van der Waals surface area contributed by atoms with E-state index in [1.54, 1.807) is 12.4 Å². The second kappa shape index (κ2) is 4.57. The van der Waals surface area contributed by atoms with Gasteiger partial charge in [0.1, 0.15) is 5.01 Å². The van der Waals surface area contributed by atoms with Crippen molar-refractivity contribution in [3.8, 4) is 10.6 Å². The first-order valence-corrected chi connectivity index (χ1v) is 5.36. The summed E-state index contributed by atoms with van der Waals surface area (Å²) in [6, 6.07) is 3.78. The van der Waals surface area contributed by atoms with E-state index in [1.807, 2.05) is 12.1 Å². The van der Waals surface area contributed by atoms with E-state index in [-0.39, 0.29) is 0 Å². The van der Waals surface area contributed by atoms with Crippen LogP contribution in [0.5, 0.6) is 0 Å². The summed E-state index contributed by atoms with van der Waals surface area (Å²) < 4.78 is 0.